The first kappa shape index (κ1) is 19.4. The van der Waals surface area contributed by atoms with Crippen LogP contribution in [0.2, 0.25) is 5.02 Å². The van der Waals surface area contributed by atoms with Gasteiger partial charge in [0.05, 0.1) is 19.2 Å². The Hall–Kier alpha value is -1.95. The summed E-state index contributed by atoms with van der Waals surface area (Å²) in [6.45, 7) is 1.36. The number of nitrogens with one attached hydrogen (secondary N) is 1. The van der Waals surface area contributed by atoms with E-state index in [2.05, 4.69) is 5.32 Å². The summed E-state index contributed by atoms with van der Waals surface area (Å²) in [5.41, 5.74) is 1.13. The summed E-state index contributed by atoms with van der Waals surface area (Å²) in [5.74, 6) is 2.01. The van der Waals surface area contributed by atoms with Gasteiger partial charge in [0.25, 0.3) is 0 Å². The van der Waals surface area contributed by atoms with Crippen molar-refractivity contribution in [1.82, 2.24) is 5.32 Å². The Bertz CT molecular complexity index is 666. The molecule has 1 atom stereocenters. The van der Waals surface area contributed by atoms with E-state index in [0.717, 1.165) is 18.5 Å². The molecule has 0 radical (unpaired) electrons. The van der Waals surface area contributed by atoms with Gasteiger partial charge in [0.15, 0.2) is 11.5 Å². The van der Waals surface area contributed by atoms with Gasteiger partial charge >= 0.3 is 0 Å². The van der Waals surface area contributed by atoms with E-state index in [-0.39, 0.29) is 6.61 Å². The highest BCUT2D eigenvalue weighted by Crippen LogP contribution is 2.27. The predicted octanol–water partition coefficient (Wildman–Crippen LogP) is 2.93. The first-order chi connectivity index (χ1) is 12.1. The van der Waals surface area contributed by atoms with Crippen molar-refractivity contribution in [3.8, 4) is 17.2 Å². The molecule has 0 unspecified atom stereocenters. The van der Waals surface area contributed by atoms with Crippen LogP contribution in [0.25, 0.3) is 0 Å². The smallest absolute Gasteiger partial charge is 0.160 e. The average Bonchev–Trinajstić information content (AvgIpc) is 2.64. The average molecular weight is 366 g/mol. The second kappa shape index (κ2) is 10.1. The fourth-order valence-electron chi connectivity index (χ4n) is 2.34. The van der Waals surface area contributed by atoms with Crippen molar-refractivity contribution in [1.29, 1.82) is 0 Å². The zero-order valence-electron chi connectivity index (χ0n) is 14.5. The van der Waals surface area contributed by atoms with Crippen LogP contribution in [-0.2, 0) is 6.42 Å². The van der Waals surface area contributed by atoms with Crippen LogP contribution in [0.15, 0.2) is 42.5 Å². The molecule has 0 aliphatic rings. The highest BCUT2D eigenvalue weighted by molar-refractivity contribution is 6.32. The first-order valence-electron chi connectivity index (χ1n) is 8.11. The fraction of sp³-hybridized carbons (Fsp3) is 0.368. The molecule has 0 heterocycles. The Morgan fingerprint density at radius 3 is 2.52 bits per heavy atom. The summed E-state index contributed by atoms with van der Waals surface area (Å²) in [6.07, 6.45) is 0.208. The number of para-hydroxylation sites is 1. The molecule has 5 nitrogen and oxygen atoms in total. The van der Waals surface area contributed by atoms with E-state index in [4.69, 9.17) is 25.8 Å². The van der Waals surface area contributed by atoms with Crippen molar-refractivity contribution >= 4 is 11.6 Å². The van der Waals surface area contributed by atoms with Crippen LogP contribution in [0, 0.1) is 0 Å². The predicted molar refractivity (Wildman–Crippen MR) is 99.1 cm³/mol. The molecule has 0 aliphatic heterocycles. The number of hydrogen-bond donors (Lipinski definition) is 2. The van der Waals surface area contributed by atoms with Crippen molar-refractivity contribution in [2.75, 3.05) is 33.9 Å². The molecule has 25 heavy (non-hydrogen) atoms. The number of hydrogen-bond acceptors (Lipinski definition) is 5. The molecule has 6 heteroatoms. The molecule has 2 N–H and O–H groups in total. The van der Waals surface area contributed by atoms with Crippen LogP contribution < -0.4 is 19.5 Å². The lowest BCUT2D eigenvalue weighted by atomic mass is 10.1. The van der Waals surface area contributed by atoms with E-state index in [1.54, 1.807) is 26.4 Å². The van der Waals surface area contributed by atoms with Gasteiger partial charge in [-0.15, -0.1) is 0 Å². The van der Waals surface area contributed by atoms with Crippen LogP contribution in [0.5, 0.6) is 17.2 Å². The summed E-state index contributed by atoms with van der Waals surface area (Å²) in [4.78, 5) is 0. The van der Waals surface area contributed by atoms with Gasteiger partial charge in [0.2, 0.25) is 0 Å². The number of benzene rings is 2. The maximum atomic E-state index is 9.98. The minimum Gasteiger partial charge on any atom is -0.493 e. The summed E-state index contributed by atoms with van der Waals surface area (Å²) >= 11 is 6.01. The standard InChI is InChI=1S/C19H24ClNO4/c1-23-18-8-7-14(11-19(18)24-2)9-10-21-12-15(22)13-25-17-6-4-3-5-16(17)20/h3-8,11,15,21-22H,9-10,12-13H2,1-2H3/t15-/m0/s1. The van der Waals surface area contributed by atoms with Gasteiger partial charge in [0, 0.05) is 6.54 Å². The normalized spacial score (nSPS) is 11.8. The lowest BCUT2D eigenvalue weighted by Crippen LogP contribution is -2.32. The highest BCUT2D eigenvalue weighted by Gasteiger charge is 2.08. The second-order valence-corrected chi connectivity index (χ2v) is 5.95. The van der Waals surface area contributed by atoms with Gasteiger partial charge in [-0.2, -0.15) is 0 Å². The Morgan fingerprint density at radius 2 is 1.80 bits per heavy atom. The lowest BCUT2D eigenvalue weighted by Gasteiger charge is -2.14. The van der Waals surface area contributed by atoms with E-state index in [1.807, 2.05) is 30.3 Å². The number of methoxy groups -OCH3 is 2. The molecule has 0 bridgehead atoms. The monoisotopic (exact) mass is 365 g/mol. The first-order valence-corrected chi connectivity index (χ1v) is 8.49. The number of aliphatic hydroxyl groups is 1. The molecule has 2 rings (SSSR count). The molecule has 2 aromatic rings. The maximum absolute atomic E-state index is 9.98. The number of halogens is 1. The zero-order chi connectivity index (χ0) is 18.1. The molecule has 136 valence electrons. The maximum Gasteiger partial charge on any atom is 0.160 e. The fourth-order valence-corrected chi connectivity index (χ4v) is 2.53. The van der Waals surface area contributed by atoms with Crippen molar-refractivity contribution in [3.05, 3.63) is 53.1 Å². The Labute approximate surface area is 153 Å². The van der Waals surface area contributed by atoms with Crippen molar-refractivity contribution in [3.63, 3.8) is 0 Å². The second-order valence-electron chi connectivity index (χ2n) is 5.54. The van der Waals surface area contributed by atoms with Crippen LogP contribution >= 0.6 is 11.6 Å². The van der Waals surface area contributed by atoms with Crippen LogP contribution in [0.4, 0.5) is 0 Å². The topological polar surface area (TPSA) is 60.0 Å². The van der Waals surface area contributed by atoms with Crippen molar-refractivity contribution in [2.24, 2.45) is 0 Å². The lowest BCUT2D eigenvalue weighted by molar-refractivity contribution is 0.107. The van der Waals surface area contributed by atoms with E-state index in [9.17, 15) is 5.11 Å². The van der Waals surface area contributed by atoms with Crippen LogP contribution in [-0.4, -0.2) is 45.1 Å². The molecule has 0 amide bonds. The van der Waals surface area contributed by atoms with Gasteiger partial charge in [-0.05, 0) is 42.8 Å². The van der Waals surface area contributed by atoms with Gasteiger partial charge in [-0.1, -0.05) is 29.8 Å². The van der Waals surface area contributed by atoms with Crippen molar-refractivity contribution < 1.29 is 19.3 Å². The van der Waals surface area contributed by atoms with E-state index in [1.165, 1.54) is 0 Å². The Kier molecular flexibility index (Phi) is 7.85. The van der Waals surface area contributed by atoms with E-state index >= 15 is 0 Å². The van der Waals surface area contributed by atoms with E-state index in [0.29, 0.717) is 28.8 Å². The molecule has 0 aromatic heterocycles. The minimum atomic E-state index is -0.610. The quantitative estimate of drug-likeness (QED) is 0.634. The van der Waals surface area contributed by atoms with Crippen molar-refractivity contribution in [2.45, 2.75) is 12.5 Å². The number of rotatable bonds is 10. The zero-order valence-corrected chi connectivity index (χ0v) is 15.3. The minimum absolute atomic E-state index is 0.188. The molecular formula is C19H24ClNO4. The third-order valence-corrected chi connectivity index (χ3v) is 4.00. The third kappa shape index (κ3) is 6.12. The number of ether oxygens (including phenoxy) is 3. The molecule has 0 fully saturated rings. The molecule has 0 aliphatic carbocycles. The number of aliphatic hydroxyl groups excluding tert-OH is 1. The SMILES string of the molecule is COc1ccc(CCNC[C@H](O)COc2ccccc2Cl)cc1OC. The molecule has 0 saturated carbocycles. The summed E-state index contributed by atoms with van der Waals surface area (Å²) < 4.78 is 16.0. The molecule has 0 spiro atoms. The van der Waals surface area contributed by atoms with Crippen LogP contribution in [0.1, 0.15) is 5.56 Å². The molecular weight excluding hydrogens is 342 g/mol. The van der Waals surface area contributed by atoms with Gasteiger partial charge in [-0.25, -0.2) is 0 Å². The summed E-state index contributed by atoms with van der Waals surface area (Å²) in [6, 6.07) is 13.1. The summed E-state index contributed by atoms with van der Waals surface area (Å²) in [5, 5.41) is 13.7. The Morgan fingerprint density at radius 1 is 1.04 bits per heavy atom. The van der Waals surface area contributed by atoms with Gasteiger partial charge in [0.1, 0.15) is 18.5 Å². The largest absolute Gasteiger partial charge is 0.493 e. The Balaban J connectivity index is 1.69. The molecule has 2 aromatic carbocycles. The van der Waals surface area contributed by atoms with Crippen LogP contribution in [0.3, 0.4) is 0 Å². The third-order valence-electron chi connectivity index (χ3n) is 3.69. The molecule has 0 saturated heterocycles. The highest BCUT2D eigenvalue weighted by atomic mass is 35.5. The summed E-state index contributed by atoms with van der Waals surface area (Å²) in [7, 11) is 3.24. The van der Waals surface area contributed by atoms with Gasteiger partial charge in [-0.3, -0.25) is 0 Å². The van der Waals surface area contributed by atoms with E-state index < -0.39 is 6.10 Å². The van der Waals surface area contributed by atoms with Gasteiger partial charge < -0.3 is 24.6 Å².